The molecule has 1 aromatic carbocycles. The lowest BCUT2D eigenvalue weighted by atomic mass is 10.0. The second kappa shape index (κ2) is 12.9. The van der Waals surface area contributed by atoms with Crippen molar-refractivity contribution in [3.8, 4) is 16.3 Å². The number of hydrogen-bond acceptors (Lipinski definition) is 8. The molecule has 7 rings (SSSR count). The molecule has 45 heavy (non-hydrogen) atoms. The van der Waals surface area contributed by atoms with Gasteiger partial charge in [-0.25, -0.2) is 9.18 Å². The molecule has 1 unspecified atom stereocenters. The van der Waals surface area contributed by atoms with Crippen LogP contribution in [-0.4, -0.2) is 96.2 Å². The van der Waals surface area contributed by atoms with E-state index in [9.17, 15) is 14.0 Å². The number of benzene rings is 1. The smallest absolute Gasteiger partial charge is 0.319 e. The van der Waals surface area contributed by atoms with Crippen molar-refractivity contribution in [1.29, 1.82) is 0 Å². The van der Waals surface area contributed by atoms with Crippen LogP contribution >= 0.6 is 11.3 Å². The fourth-order valence-corrected chi connectivity index (χ4v) is 7.31. The maximum Gasteiger partial charge on any atom is 0.319 e. The fraction of sp³-hybridized carbons (Fsp3) is 0.455. The van der Waals surface area contributed by atoms with E-state index < -0.39 is 11.9 Å². The van der Waals surface area contributed by atoms with Crippen LogP contribution in [0, 0.1) is 5.82 Å². The summed E-state index contributed by atoms with van der Waals surface area (Å²) in [6.07, 6.45) is 7.51. The van der Waals surface area contributed by atoms with E-state index in [0.717, 1.165) is 86.1 Å². The van der Waals surface area contributed by atoms with Crippen molar-refractivity contribution in [3.63, 3.8) is 0 Å². The quantitative estimate of drug-likeness (QED) is 0.367. The molecule has 0 spiro atoms. The van der Waals surface area contributed by atoms with E-state index in [1.54, 1.807) is 18.5 Å². The molecule has 0 bridgehead atoms. The number of carbonyl (C=O) groups excluding carboxylic acids is 2. The third-order valence-corrected chi connectivity index (χ3v) is 10.3. The first-order valence-corrected chi connectivity index (χ1v) is 16.6. The van der Waals surface area contributed by atoms with Crippen LogP contribution in [0.15, 0.2) is 47.6 Å². The van der Waals surface area contributed by atoms with Gasteiger partial charge in [-0.1, -0.05) is 0 Å². The summed E-state index contributed by atoms with van der Waals surface area (Å²) in [6.45, 7) is 5.96. The number of carbonyl (C=O) groups is 2. The zero-order valence-corrected chi connectivity index (χ0v) is 26.2. The number of nitrogens with zero attached hydrogens (tertiary/aromatic N) is 5. The van der Waals surface area contributed by atoms with E-state index in [-0.39, 0.29) is 23.7 Å². The number of fused-ring (bicyclic) bond motifs is 1. The van der Waals surface area contributed by atoms with Gasteiger partial charge in [-0.05, 0) is 63.1 Å². The topological polar surface area (TPSA) is 102 Å². The van der Waals surface area contributed by atoms with Gasteiger partial charge in [0.2, 0.25) is 0 Å². The molecule has 10 nitrogen and oxygen atoms in total. The van der Waals surface area contributed by atoms with Crippen molar-refractivity contribution in [2.45, 2.75) is 50.3 Å². The number of piperazine rings is 1. The summed E-state index contributed by atoms with van der Waals surface area (Å²) < 4.78 is 21.1. The number of anilines is 1. The van der Waals surface area contributed by atoms with Crippen molar-refractivity contribution >= 4 is 40.9 Å². The molecule has 2 N–H and O–H groups in total. The second-order valence-corrected chi connectivity index (χ2v) is 13.4. The highest BCUT2D eigenvalue weighted by atomic mass is 32.1. The lowest BCUT2D eigenvalue weighted by Gasteiger charge is -2.42. The van der Waals surface area contributed by atoms with Gasteiger partial charge in [-0.2, -0.15) is 0 Å². The first-order valence-electron chi connectivity index (χ1n) is 15.8. The molecule has 2 aromatic heterocycles. The highest BCUT2D eigenvalue weighted by molar-refractivity contribution is 7.16. The predicted molar refractivity (Wildman–Crippen MR) is 173 cm³/mol. The zero-order chi connectivity index (χ0) is 30.9. The first-order chi connectivity index (χ1) is 21.9. The summed E-state index contributed by atoms with van der Waals surface area (Å²) in [7, 11) is 2.17. The molecule has 2 saturated heterocycles. The Balaban J connectivity index is 0.970. The summed E-state index contributed by atoms with van der Waals surface area (Å²) in [5.41, 5.74) is 2.48. The Morgan fingerprint density at radius 1 is 1.00 bits per heavy atom. The lowest BCUT2D eigenvalue weighted by molar-refractivity contribution is 0.0518. The Labute approximate surface area is 266 Å². The summed E-state index contributed by atoms with van der Waals surface area (Å²) in [5, 5.41) is 5.49. The van der Waals surface area contributed by atoms with Crippen LogP contribution in [0.2, 0.25) is 0 Å². The Morgan fingerprint density at radius 2 is 1.80 bits per heavy atom. The van der Waals surface area contributed by atoms with Gasteiger partial charge in [0.05, 0.1) is 26.7 Å². The van der Waals surface area contributed by atoms with Crippen LogP contribution in [0.4, 0.5) is 20.6 Å². The number of aliphatic imine (C=N–C) groups is 1. The van der Waals surface area contributed by atoms with Crippen LogP contribution in [0.25, 0.3) is 10.6 Å². The monoisotopic (exact) mass is 631 g/mol. The number of urea groups is 1. The highest BCUT2D eigenvalue weighted by Gasteiger charge is 2.30. The molecular weight excluding hydrogens is 593 g/mol. The van der Waals surface area contributed by atoms with Crippen LogP contribution in [0.5, 0.6) is 5.75 Å². The Hall–Kier alpha value is -3.87. The number of pyridine rings is 1. The van der Waals surface area contributed by atoms with E-state index in [1.165, 1.54) is 23.5 Å². The third-order valence-electron chi connectivity index (χ3n) is 9.02. The van der Waals surface area contributed by atoms with E-state index in [2.05, 4.69) is 37.5 Å². The van der Waals surface area contributed by atoms with Gasteiger partial charge in [0.1, 0.15) is 6.10 Å². The van der Waals surface area contributed by atoms with Crippen molar-refractivity contribution in [1.82, 2.24) is 25.0 Å². The average molecular weight is 632 g/mol. The lowest BCUT2D eigenvalue weighted by Crippen LogP contribution is -2.52. The number of piperidine rings is 1. The summed E-state index contributed by atoms with van der Waals surface area (Å²) in [5.74, 6) is -0.412. The molecule has 3 aliphatic heterocycles. The van der Waals surface area contributed by atoms with Crippen LogP contribution in [0.1, 0.15) is 53.4 Å². The zero-order valence-electron chi connectivity index (χ0n) is 25.4. The van der Waals surface area contributed by atoms with Gasteiger partial charge in [-0.15, -0.1) is 11.3 Å². The number of aromatic nitrogens is 1. The molecule has 1 saturated carbocycles. The molecular formula is C33H38FN7O3S. The van der Waals surface area contributed by atoms with Gasteiger partial charge in [0.25, 0.3) is 5.91 Å². The van der Waals surface area contributed by atoms with Crippen LogP contribution < -0.4 is 15.4 Å². The molecule has 1 atom stereocenters. The maximum absolute atomic E-state index is 15.0. The van der Waals surface area contributed by atoms with Crippen molar-refractivity contribution in [2.24, 2.45) is 4.99 Å². The molecule has 12 heteroatoms. The number of likely N-dealkylation sites (tertiary alicyclic amines) is 1. The van der Waals surface area contributed by atoms with E-state index in [0.29, 0.717) is 23.7 Å². The molecule has 1 aliphatic carbocycles. The molecule has 236 valence electrons. The summed E-state index contributed by atoms with van der Waals surface area (Å²) >= 11 is 1.51. The SMILES string of the molecule is CN1CCN(C2CCN(C(=O)c3ccc(-c4cc5c(s4)C(Oc4ccc(NC(=O)NC6CC6)cc4F)CC=N5)nc3)CC2)CC1. The number of rotatable bonds is 7. The number of halogens is 1. The Bertz CT molecular complexity index is 1580. The van der Waals surface area contributed by atoms with Crippen molar-refractivity contribution in [3.05, 3.63) is 58.9 Å². The molecule has 0 radical (unpaired) electrons. The van der Waals surface area contributed by atoms with Crippen LogP contribution in [-0.2, 0) is 0 Å². The minimum absolute atomic E-state index is 0.0289. The normalized spacial score (nSPS) is 20.9. The van der Waals surface area contributed by atoms with E-state index in [4.69, 9.17) is 4.74 Å². The van der Waals surface area contributed by atoms with Gasteiger partial charge in [-0.3, -0.25) is 19.7 Å². The minimum Gasteiger partial charge on any atom is -0.481 e. The largest absolute Gasteiger partial charge is 0.481 e. The molecule has 3 fully saturated rings. The summed E-state index contributed by atoms with van der Waals surface area (Å²) in [4.78, 5) is 43.2. The molecule has 5 heterocycles. The predicted octanol–water partition coefficient (Wildman–Crippen LogP) is 5.31. The van der Waals surface area contributed by atoms with Gasteiger partial charge >= 0.3 is 6.03 Å². The Morgan fingerprint density at radius 3 is 2.51 bits per heavy atom. The van der Waals surface area contributed by atoms with E-state index in [1.807, 2.05) is 23.1 Å². The number of likely N-dealkylation sites (N-methyl/N-ethyl adjacent to an activating group) is 1. The first kappa shape index (κ1) is 29.8. The number of amides is 3. The minimum atomic E-state index is -0.550. The van der Waals surface area contributed by atoms with Gasteiger partial charge in [0.15, 0.2) is 11.6 Å². The van der Waals surface area contributed by atoms with Crippen molar-refractivity contribution < 1.29 is 18.7 Å². The van der Waals surface area contributed by atoms with Gasteiger partial charge in [0, 0.05) is 81.9 Å². The standard InChI is InChI=1S/C33H38FN7O3S/c1-39-14-16-40(17-15-39)24-9-12-41(13-10-24)32(42)21-2-6-26(36-20-21)30-19-27-31(45-30)29(8-11-35-27)44-28-7-5-23(18-25(28)34)38-33(43)37-22-3-4-22/h2,5-7,11,18-20,22,24,29H,3-4,8-10,12-17H2,1H3,(H2,37,38,43). The molecule has 3 aromatic rings. The third kappa shape index (κ3) is 6.87. The highest BCUT2D eigenvalue weighted by Crippen LogP contribution is 2.44. The van der Waals surface area contributed by atoms with E-state index >= 15 is 0 Å². The molecule has 4 aliphatic rings. The number of ether oxygens (including phenoxy) is 1. The van der Waals surface area contributed by atoms with Crippen molar-refractivity contribution in [2.75, 3.05) is 51.6 Å². The Kier molecular flexibility index (Phi) is 8.52. The fourth-order valence-electron chi connectivity index (χ4n) is 6.19. The number of thiophene rings is 1. The molecule has 3 amide bonds. The average Bonchev–Trinajstić information content (AvgIpc) is 3.76. The van der Waals surface area contributed by atoms with Crippen LogP contribution in [0.3, 0.4) is 0 Å². The maximum atomic E-state index is 15.0. The second-order valence-electron chi connectivity index (χ2n) is 12.3. The summed E-state index contributed by atoms with van der Waals surface area (Å²) in [6, 6.07) is 10.6. The number of hydrogen-bond donors (Lipinski definition) is 2. The number of nitrogens with one attached hydrogen (secondary N) is 2. The van der Waals surface area contributed by atoms with Gasteiger partial charge < -0.3 is 25.2 Å².